The van der Waals surface area contributed by atoms with Crippen LogP contribution in [0.5, 0.6) is 0 Å². The molecule has 0 aromatic heterocycles. The van der Waals surface area contributed by atoms with Gasteiger partial charge in [-0.25, -0.2) is 0 Å². The number of unbranched alkanes of at least 4 members (excludes halogenated alkanes) is 38. The van der Waals surface area contributed by atoms with Gasteiger partial charge in [-0.1, -0.05) is 263 Å². The summed E-state index contributed by atoms with van der Waals surface area (Å²) in [5, 5.41) is 0. The zero-order chi connectivity index (χ0) is 49.3. The zero-order valence-corrected chi connectivity index (χ0v) is 45.6. The number of carbonyl (C=O) groups excluding carboxylic acids is 3. The minimum absolute atomic E-state index is 0.0703. The van der Waals surface area contributed by atoms with Crippen LogP contribution in [-0.4, -0.2) is 37.2 Å². The van der Waals surface area contributed by atoms with Gasteiger partial charge in [0.25, 0.3) is 0 Å². The minimum Gasteiger partial charge on any atom is -0.462 e. The van der Waals surface area contributed by atoms with E-state index in [1.165, 1.54) is 218 Å². The van der Waals surface area contributed by atoms with Gasteiger partial charge in [0.2, 0.25) is 0 Å². The fourth-order valence-electron chi connectivity index (χ4n) is 8.82. The number of carbonyl (C=O) groups is 3. The van der Waals surface area contributed by atoms with Crippen molar-refractivity contribution in [2.75, 3.05) is 13.2 Å². The molecule has 0 fully saturated rings. The molecule has 0 aliphatic rings. The fraction of sp³-hybridized carbons (Fsp3) is 0.855. The fourth-order valence-corrected chi connectivity index (χ4v) is 8.82. The summed E-state index contributed by atoms with van der Waals surface area (Å²) in [5.74, 6) is -0.858. The van der Waals surface area contributed by atoms with Crippen LogP contribution >= 0.6 is 0 Å². The van der Waals surface area contributed by atoms with E-state index in [0.29, 0.717) is 19.3 Å². The van der Waals surface area contributed by atoms with Crippen LogP contribution in [0.2, 0.25) is 0 Å². The molecule has 0 aliphatic carbocycles. The van der Waals surface area contributed by atoms with Crippen LogP contribution in [0.1, 0.15) is 323 Å². The van der Waals surface area contributed by atoms with E-state index in [1.807, 2.05) is 0 Å². The van der Waals surface area contributed by atoms with Gasteiger partial charge >= 0.3 is 17.9 Å². The summed E-state index contributed by atoms with van der Waals surface area (Å²) in [5.41, 5.74) is 0. The molecule has 398 valence electrons. The highest BCUT2D eigenvalue weighted by atomic mass is 16.6. The molecule has 0 aromatic carbocycles. The Labute approximate surface area is 423 Å². The number of hydrogen-bond acceptors (Lipinski definition) is 6. The molecule has 1 atom stereocenters. The summed E-state index contributed by atoms with van der Waals surface area (Å²) in [6, 6.07) is 0. The summed E-state index contributed by atoms with van der Waals surface area (Å²) < 4.78 is 16.9. The SMILES string of the molecule is CCCCC/C=C\C/C=C\CCCCCCCCCCCC(=O)OC[C@H](COC(=O)CCCCCCCCCCCCCC)OC(=O)CCCCCCCCCCC/C=C\CCCCCCCC. The lowest BCUT2D eigenvalue weighted by Gasteiger charge is -2.18. The van der Waals surface area contributed by atoms with E-state index in [4.69, 9.17) is 14.2 Å². The number of esters is 3. The highest BCUT2D eigenvalue weighted by Gasteiger charge is 2.19. The average Bonchev–Trinajstić information content (AvgIpc) is 3.34. The molecule has 0 amide bonds. The van der Waals surface area contributed by atoms with Crippen LogP contribution < -0.4 is 0 Å². The maximum atomic E-state index is 12.9. The molecule has 68 heavy (non-hydrogen) atoms. The van der Waals surface area contributed by atoms with E-state index in [0.717, 1.165) is 64.2 Å². The van der Waals surface area contributed by atoms with E-state index < -0.39 is 6.10 Å². The lowest BCUT2D eigenvalue weighted by atomic mass is 10.0. The van der Waals surface area contributed by atoms with Crippen LogP contribution in [-0.2, 0) is 28.6 Å². The predicted molar refractivity (Wildman–Crippen MR) is 293 cm³/mol. The summed E-state index contributed by atoms with van der Waals surface area (Å²) >= 11 is 0. The molecule has 0 spiro atoms. The molecule has 0 saturated carbocycles. The topological polar surface area (TPSA) is 78.9 Å². The molecular formula is C62H114O6. The Hall–Kier alpha value is -2.37. The Morgan fingerprint density at radius 3 is 0.853 bits per heavy atom. The van der Waals surface area contributed by atoms with Crippen LogP contribution in [0.15, 0.2) is 36.5 Å². The molecule has 0 heterocycles. The molecule has 0 bridgehead atoms. The van der Waals surface area contributed by atoms with Crippen molar-refractivity contribution in [3.8, 4) is 0 Å². The van der Waals surface area contributed by atoms with E-state index >= 15 is 0 Å². The zero-order valence-electron chi connectivity index (χ0n) is 45.6. The minimum atomic E-state index is -0.772. The molecule has 0 rings (SSSR count). The third kappa shape index (κ3) is 54.6. The highest BCUT2D eigenvalue weighted by molar-refractivity contribution is 5.71. The first-order valence-electron chi connectivity index (χ1n) is 30.0. The summed E-state index contributed by atoms with van der Waals surface area (Å²) in [4.78, 5) is 38.2. The van der Waals surface area contributed by atoms with Crippen molar-refractivity contribution in [2.45, 2.75) is 329 Å². The maximum Gasteiger partial charge on any atom is 0.306 e. The summed E-state index contributed by atoms with van der Waals surface area (Å²) in [7, 11) is 0. The monoisotopic (exact) mass is 955 g/mol. The standard InChI is InChI=1S/C62H114O6/c1-4-7-10-13-16-19-22-25-27-29-31-33-35-37-40-43-46-49-52-55-61(64)67-58-59(57-66-60(63)54-51-48-45-42-39-24-21-18-15-12-9-6-3)68-62(65)56-53-50-47-44-41-38-36-34-32-30-28-26-23-20-17-14-11-8-5-2/h16,19,25-28,59H,4-15,17-18,20-24,29-58H2,1-3H3/b19-16-,27-25-,28-26-/t59-/m0/s1. The van der Waals surface area contributed by atoms with E-state index in [1.54, 1.807) is 0 Å². The summed E-state index contributed by atoms with van der Waals surface area (Å²) in [6.45, 7) is 6.65. The first-order chi connectivity index (χ1) is 33.5. The Balaban J connectivity index is 4.31. The molecular weight excluding hydrogens is 841 g/mol. The van der Waals surface area contributed by atoms with E-state index in [9.17, 15) is 14.4 Å². The lowest BCUT2D eigenvalue weighted by Crippen LogP contribution is -2.30. The van der Waals surface area contributed by atoms with Gasteiger partial charge in [-0.05, 0) is 77.0 Å². The Morgan fingerprint density at radius 2 is 0.529 bits per heavy atom. The maximum absolute atomic E-state index is 12.9. The quantitative estimate of drug-likeness (QED) is 0.0262. The van der Waals surface area contributed by atoms with Crippen LogP contribution in [0, 0.1) is 0 Å². The van der Waals surface area contributed by atoms with Crippen molar-refractivity contribution in [1.29, 1.82) is 0 Å². The smallest absolute Gasteiger partial charge is 0.306 e. The second kappa shape index (κ2) is 57.2. The van der Waals surface area contributed by atoms with Gasteiger partial charge in [-0.2, -0.15) is 0 Å². The van der Waals surface area contributed by atoms with E-state index in [2.05, 4.69) is 57.2 Å². The van der Waals surface area contributed by atoms with Crippen molar-refractivity contribution in [3.63, 3.8) is 0 Å². The largest absolute Gasteiger partial charge is 0.462 e. The Bertz CT molecular complexity index is 1140. The molecule has 0 aromatic rings. The molecule has 6 heteroatoms. The second-order valence-corrected chi connectivity index (χ2v) is 20.3. The van der Waals surface area contributed by atoms with Crippen molar-refractivity contribution < 1.29 is 28.6 Å². The molecule has 0 aliphatic heterocycles. The number of allylic oxidation sites excluding steroid dienone is 6. The third-order valence-corrected chi connectivity index (χ3v) is 13.4. The molecule has 0 N–H and O–H groups in total. The summed E-state index contributed by atoms with van der Waals surface area (Å²) in [6.07, 6.45) is 68.5. The molecule has 0 saturated heterocycles. The van der Waals surface area contributed by atoms with Crippen molar-refractivity contribution in [1.82, 2.24) is 0 Å². The Kier molecular flexibility index (Phi) is 55.2. The van der Waals surface area contributed by atoms with Crippen LogP contribution in [0.4, 0.5) is 0 Å². The Morgan fingerprint density at radius 1 is 0.294 bits per heavy atom. The average molecular weight is 956 g/mol. The van der Waals surface area contributed by atoms with Gasteiger partial charge in [0.15, 0.2) is 6.10 Å². The van der Waals surface area contributed by atoms with E-state index in [-0.39, 0.29) is 31.1 Å². The van der Waals surface area contributed by atoms with Gasteiger partial charge in [0.05, 0.1) is 0 Å². The van der Waals surface area contributed by atoms with Gasteiger partial charge in [-0.15, -0.1) is 0 Å². The van der Waals surface area contributed by atoms with Crippen LogP contribution in [0.25, 0.3) is 0 Å². The first kappa shape index (κ1) is 65.6. The van der Waals surface area contributed by atoms with Crippen molar-refractivity contribution >= 4 is 17.9 Å². The second-order valence-electron chi connectivity index (χ2n) is 20.3. The van der Waals surface area contributed by atoms with Crippen molar-refractivity contribution in [2.24, 2.45) is 0 Å². The molecule has 0 unspecified atom stereocenters. The van der Waals surface area contributed by atoms with Gasteiger partial charge in [-0.3, -0.25) is 14.4 Å². The normalized spacial score (nSPS) is 12.2. The number of ether oxygens (including phenoxy) is 3. The lowest BCUT2D eigenvalue weighted by molar-refractivity contribution is -0.167. The van der Waals surface area contributed by atoms with Gasteiger partial charge < -0.3 is 14.2 Å². The van der Waals surface area contributed by atoms with Gasteiger partial charge in [0.1, 0.15) is 13.2 Å². The highest BCUT2D eigenvalue weighted by Crippen LogP contribution is 2.16. The number of rotatable bonds is 55. The molecule has 6 nitrogen and oxygen atoms in total. The van der Waals surface area contributed by atoms with Crippen LogP contribution in [0.3, 0.4) is 0 Å². The molecule has 0 radical (unpaired) electrons. The first-order valence-corrected chi connectivity index (χ1v) is 30.0. The van der Waals surface area contributed by atoms with Gasteiger partial charge in [0, 0.05) is 19.3 Å². The number of hydrogen-bond donors (Lipinski definition) is 0. The van der Waals surface area contributed by atoms with Crippen molar-refractivity contribution in [3.05, 3.63) is 36.5 Å². The third-order valence-electron chi connectivity index (χ3n) is 13.4. The predicted octanol–water partition coefficient (Wildman–Crippen LogP) is 20.0.